The van der Waals surface area contributed by atoms with Gasteiger partial charge in [0.15, 0.2) is 11.5 Å². The molecule has 8 nitrogen and oxygen atoms in total. The predicted octanol–water partition coefficient (Wildman–Crippen LogP) is -0.561. The monoisotopic (exact) mass is 265 g/mol. The van der Waals surface area contributed by atoms with Crippen molar-refractivity contribution in [1.82, 2.24) is 19.5 Å². The number of aliphatic hydroxyl groups excluding tert-OH is 2. The summed E-state index contributed by atoms with van der Waals surface area (Å²) in [7, 11) is 0. The third-order valence-corrected chi connectivity index (χ3v) is 3.34. The minimum atomic E-state index is -0.862. The van der Waals surface area contributed by atoms with E-state index in [-0.39, 0.29) is 18.9 Å². The first-order valence-corrected chi connectivity index (χ1v) is 6.08. The molecule has 0 aromatic carbocycles. The SMILES string of the molecule is Nc1ncnc2c1ncn2[C@H]1CC[C@@H]([C@H](O)CO)O1. The summed E-state index contributed by atoms with van der Waals surface area (Å²) >= 11 is 0. The summed E-state index contributed by atoms with van der Waals surface area (Å²) in [6, 6.07) is 0. The van der Waals surface area contributed by atoms with Gasteiger partial charge in [-0.3, -0.25) is 4.57 Å². The second kappa shape index (κ2) is 4.72. The summed E-state index contributed by atoms with van der Waals surface area (Å²) in [5.41, 5.74) is 6.87. The van der Waals surface area contributed by atoms with Crippen molar-refractivity contribution in [2.75, 3.05) is 12.3 Å². The Morgan fingerprint density at radius 2 is 2.26 bits per heavy atom. The number of anilines is 1. The Labute approximate surface area is 108 Å². The van der Waals surface area contributed by atoms with E-state index in [4.69, 9.17) is 15.6 Å². The number of ether oxygens (including phenoxy) is 1. The number of imidazole rings is 1. The summed E-state index contributed by atoms with van der Waals surface area (Å²) in [5.74, 6) is 0.327. The van der Waals surface area contributed by atoms with Gasteiger partial charge >= 0.3 is 0 Å². The summed E-state index contributed by atoms with van der Waals surface area (Å²) < 4.78 is 7.49. The standard InChI is InChI=1S/C11H15N5O3/c12-10-9-11(14-4-13-10)16(5-15-9)8-2-1-7(19-8)6(18)3-17/h4-8,17-18H,1-3H2,(H2,12,13,14)/t6-,7+,8-/m1/s1. The summed E-state index contributed by atoms with van der Waals surface area (Å²) in [4.78, 5) is 12.2. The van der Waals surface area contributed by atoms with Crippen molar-refractivity contribution >= 4 is 17.0 Å². The number of fused-ring (bicyclic) bond motifs is 1. The Hall–Kier alpha value is -1.77. The molecule has 0 saturated carbocycles. The number of nitrogen functional groups attached to an aromatic ring is 1. The van der Waals surface area contributed by atoms with Crippen LogP contribution in [-0.2, 0) is 4.74 Å². The number of nitrogens with zero attached hydrogens (tertiary/aromatic N) is 4. The highest BCUT2D eigenvalue weighted by Gasteiger charge is 2.32. The van der Waals surface area contributed by atoms with Crippen molar-refractivity contribution in [3.63, 3.8) is 0 Å². The molecule has 19 heavy (non-hydrogen) atoms. The van der Waals surface area contributed by atoms with Crippen LogP contribution in [0.15, 0.2) is 12.7 Å². The van der Waals surface area contributed by atoms with E-state index in [1.54, 1.807) is 10.9 Å². The van der Waals surface area contributed by atoms with Gasteiger partial charge in [0.1, 0.15) is 24.2 Å². The quantitative estimate of drug-likeness (QED) is 0.680. The Morgan fingerprint density at radius 1 is 1.42 bits per heavy atom. The van der Waals surface area contributed by atoms with Gasteiger partial charge in [0.2, 0.25) is 0 Å². The lowest BCUT2D eigenvalue weighted by Crippen LogP contribution is -2.29. The molecular weight excluding hydrogens is 250 g/mol. The zero-order valence-electron chi connectivity index (χ0n) is 10.2. The van der Waals surface area contributed by atoms with Crippen molar-refractivity contribution in [3.8, 4) is 0 Å². The van der Waals surface area contributed by atoms with E-state index in [2.05, 4.69) is 15.0 Å². The van der Waals surface area contributed by atoms with Crippen LogP contribution in [0.5, 0.6) is 0 Å². The lowest BCUT2D eigenvalue weighted by molar-refractivity contribution is -0.0729. The molecule has 102 valence electrons. The van der Waals surface area contributed by atoms with Gasteiger partial charge < -0.3 is 20.7 Å². The van der Waals surface area contributed by atoms with Crippen molar-refractivity contribution in [3.05, 3.63) is 12.7 Å². The third kappa shape index (κ3) is 2.03. The minimum Gasteiger partial charge on any atom is -0.394 e. The average molecular weight is 265 g/mol. The maximum Gasteiger partial charge on any atom is 0.167 e. The Morgan fingerprint density at radius 3 is 3.05 bits per heavy atom. The molecule has 0 unspecified atom stereocenters. The molecule has 0 spiro atoms. The topological polar surface area (TPSA) is 119 Å². The molecule has 1 saturated heterocycles. The van der Waals surface area contributed by atoms with Crippen LogP contribution in [0.1, 0.15) is 19.1 Å². The van der Waals surface area contributed by atoms with Gasteiger partial charge in [-0.2, -0.15) is 0 Å². The largest absolute Gasteiger partial charge is 0.394 e. The van der Waals surface area contributed by atoms with Crippen LogP contribution in [0, 0.1) is 0 Å². The van der Waals surface area contributed by atoms with Crippen molar-refractivity contribution < 1.29 is 14.9 Å². The minimum absolute atomic E-state index is 0.259. The van der Waals surface area contributed by atoms with Crippen LogP contribution in [0.4, 0.5) is 5.82 Å². The number of hydrogen-bond acceptors (Lipinski definition) is 7. The van der Waals surface area contributed by atoms with Crippen molar-refractivity contribution in [2.24, 2.45) is 0 Å². The van der Waals surface area contributed by atoms with Crippen molar-refractivity contribution in [2.45, 2.75) is 31.3 Å². The first-order chi connectivity index (χ1) is 9.20. The number of nitrogens with two attached hydrogens (primary N) is 1. The van der Waals surface area contributed by atoms with Crippen LogP contribution in [0.3, 0.4) is 0 Å². The number of aliphatic hydroxyl groups is 2. The average Bonchev–Trinajstić information content (AvgIpc) is 3.04. The maximum absolute atomic E-state index is 9.58. The van der Waals surface area contributed by atoms with E-state index in [1.165, 1.54) is 6.33 Å². The first-order valence-electron chi connectivity index (χ1n) is 6.08. The van der Waals surface area contributed by atoms with Gasteiger partial charge in [0.05, 0.1) is 19.0 Å². The molecule has 0 aliphatic carbocycles. The second-order valence-electron chi connectivity index (χ2n) is 4.54. The van der Waals surface area contributed by atoms with E-state index in [9.17, 15) is 5.11 Å². The zero-order valence-corrected chi connectivity index (χ0v) is 10.2. The van der Waals surface area contributed by atoms with Gasteiger partial charge in [-0.25, -0.2) is 15.0 Å². The normalized spacial score (nSPS) is 24.9. The molecule has 0 amide bonds. The summed E-state index contributed by atoms with van der Waals surface area (Å²) in [6.45, 7) is -0.308. The fourth-order valence-electron chi connectivity index (χ4n) is 2.33. The first kappa shape index (κ1) is 12.3. The summed E-state index contributed by atoms with van der Waals surface area (Å²) in [6.07, 6.45) is 2.89. The van der Waals surface area contributed by atoms with Gasteiger partial charge in [-0.05, 0) is 12.8 Å². The number of hydrogen-bond donors (Lipinski definition) is 3. The van der Waals surface area contributed by atoms with Crippen LogP contribution in [-0.4, -0.2) is 48.5 Å². The fraction of sp³-hybridized carbons (Fsp3) is 0.545. The van der Waals surface area contributed by atoms with Crippen LogP contribution < -0.4 is 5.73 Å². The lowest BCUT2D eigenvalue weighted by atomic mass is 10.1. The molecule has 3 atom stereocenters. The van der Waals surface area contributed by atoms with E-state index in [0.717, 1.165) is 6.42 Å². The van der Waals surface area contributed by atoms with Crippen LogP contribution in [0.2, 0.25) is 0 Å². The van der Waals surface area contributed by atoms with E-state index in [1.807, 2.05) is 0 Å². The molecule has 1 aliphatic rings. The molecule has 8 heteroatoms. The van der Waals surface area contributed by atoms with E-state index >= 15 is 0 Å². The van der Waals surface area contributed by atoms with Gasteiger partial charge in [0, 0.05) is 0 Å². The Kier molecular flexibility index (Phi) is 3.05. The zero-order chi connectivity index (χ0) is 13.4. The molecular formula is C11H15N5O3. The molecule has 3 heterocycles. The maximum atomic E-state index is 9.58. The third-order valence-electron chi connectivity index (χ3n) is 3.34. The van der Waals surface area contributed by atoms with Crippen LogP contribution in [0.25, 0.3) is 11.2 Å². The number of rotatable bonds is 3. The predicted molar refractivity (Wildman–Crippen MR) is 66.0 cm³/mol. The van der Waals surface area contributed by atoms with E-state index < -0.39 is 6.10 Å². The van der Waals surface area contributed by atoms with Crippen LogP contribution >= 0.6 is 0 Å². The molecule has 4 N–H and O–H groups in total. The second-order valence-corrected chi connectivity index (χ2v) is 4.54. The highest BCUT2D eigenvalue weighted by atomic mass is 16.5. The molecule has 0 bridgehead atoms. The Bertz CT molecular complexity index is 587. The van der Waals surface area contributed by atoms with Crippen molar-refractivity contribution in [1.29, 1.82) is 0 Å². The fourth-order valence-corrected chi connectivity index (χ4v) is 2.33. The molecule has 2 aromatic rings. The molecule has 1 fully saturated rings. The van der Waals surface area contributed by atoms with E-state index in [0.29, 0.717) is 23.4 Å². The molecule has 1 aliphatic heterocycles. The molecule has 0 radical (unpaired) electrons. The van der Waals surface area contributed by atoms with Gasteiger partial charge in [-0.15, -0.1) is 0 Å². The molecule has 3 rings (SSSR count). The van der Waals surface area contributed by atoms with Gasteiger partial charge in [-0.1, -0.05) is 0 Å². The van der Waals surface area contributed by atoms with Gasteiger partial charge in [0.25, 0.3) is 0 Å². The molecule has 2 aromatic heterocycles. The highest BCUT2D eigenvalue weighted by Crippen LogP contribution is 2.32. The smallest absolute Gasteiger partial charge is 0.167 e. The highest BCUT2D eigenvalue weighted by molar-refractivity contribution is 5.81. The summed E-state index contributed by atoms with van der Waals surface area (Å²) in [5, 5.41) is 18.5. The Balaban J connectivity index is 1.88. The number of aromatic nitrogens is 4. The lowest BCUT2D eigenvalue weighted by Gasteiger charge is -2.18.